The minimum atomic E-state index is 0. The second-order valence-corrected chi connectivity index (χ2v) is 4.94. The van der Waals surface area contributed by atoms with Crippen molar-refractivity contribution < 1.29 is 0 Å². The number of hydrogen-bond acceptors (Lipinski definition) is 4. The predicted molar refractivity (Wildman–Crippen MR) is 94.3 cm³/mol. The van der Waals surface area contributed by atoms with Crippen LogP contribution in [0.5, 0.6) is 0 Å². The number of rotatable bonds is 4. The van der Waals surface area contributed by atoms with Crippen molar-refractivity contribution in [2.24, 2.45) is 0 Å². The summed E-state index contributed by atoms with van der Waals surface area (Å²) in [6, 6.07) is 0. The van der Waals surface area contributed by atoms with Crippen LogP contribution in [0.2, 0.25) is 0 Å². The van der Waals surface area contributed by atoms with Crippen LogP contribution in [0.25, 0.3) is 0 Å². The van der Waals surface area contributed by atoms with Gasteiger partial charge in [0.05, 0.1) is 0 Å². The van der Waals surface area contributed by atoms with Crippen LogP contribution in [-0.4, -0.2) is 68.5 Å². The first kappa shape index (κ1) is 23.1. The third-order valence-electron chi connectivity index (χ3n) is 2.04. The molecule has 0 aliphatic rings. The van der Waals surface area contributed by atoms with Crippen molar-refractivity contribution in [1.29, 1.82) is 0 Å². The van der Waals surface area contributed by atoms with Gasteiger partial charge >= 0.3 is 23.9 Å². The number of hydrogen-bond donors (Lipinski definition) is 0. The molecule has 0 aliphatic heterocycles. The fourth-order valence-corrected chi connectivity index (χ4v) is 2.00. The maximum absolute atomic E-state index is 4.76. The molecule has 0 rings (SSSR count). The number of nitrogens with zero attached hydrogens (tertiary/aromatic N) is 2. The second kappa shape index (κ2) is 15.1. The Hall–Kier alpha value is 1.02. The summed E-state index contributed by atoms with van der Waals surface area (Å²) in [5, 5.41) is 0. The Balaban J connectivity index is -0.000000218. The van der Waals surface area contributed by atoms with Crippen LogP contribution in [0.4, 0.5) is 0 Å². The minimum absolute atomic E-state index is 0. The van der Waals surface area contributed by atoms with Crippen LogP contribution < -0.4 is 0 Å². The van der Waals surface area contributed by atoms with Gasteiger partial charge in [0, 0.05) is 26.2 Å². The van der Waals surface area contributed by atoms with Crippen LogP contribution >= 0.6 is 24.4 Å². The van der Waals surface area contributed by atoms with Crippen molar-refractivity contribution in [3.05, 3.63) is 0 Å². The van der Waals surface area contributed by atoms with Gasteiger partial charge in [0.2, 0.25) is 0 Å². The Labute approximate surface area is 145 Å². The Bertz CT molecular complexity index is 184. The fraction of sp³-hybridized carbons (Fsp3) is 0.800. The van der Waals surface area contributed by atoms with Crippen molar-refractivity contribution in [2.75, 3.05) is 26.2 Å². The van der Waals surface area contributed by atoms with Crippen molar-refractivity contribution in [3.63, 3.8) is 0 Å². The second-order valence-electron chi connectivity index (χ2n) is 2.88. The molecule has 0 radical (unpaired) electrons. The summed E-state index contributed by atoms with van der Waals surface area (Å²) >= 11 is 19.0. The molecule has 0 N–H and O–H groups in total. The summed E-state index contributed by atoms with van der Waals surface area (Å²) in [5.74, 6) is 0. The molecule has 17 heavy (non-hydrogen) atoms. The molecule has 0 saturated carbocycles. The number of thiocarbonyl (C=S) groups is 2. The fourth-order valence-electron chi connectivity index (χ4n) is 0.964. The summed E-state index contributed by atoms with van der Waals surface area (Å²) in [4.78, 5) is 3.93. The Kier molecular flexibility index (Phi) is 20.5. The van der Waals surface area contributed by atoms with E-state index >= 15 is 0 Å². The van der Waals surface area contributed by atoms with E-state index in [4.69, 9.17) is 49.7 Å². The first-order valence-electron chi connectivity index (χ1n) is 5.36. The topological polar surface area (TPSA) is 6.48 Å². The van der Waals surface area contributed by atoms with E-state index < -0.39 is 0 Å². The standard InChI is InChI=1S/2C5H11NS2.Sn.2H/c2*1-3-6(4-2)5(7)8;;;/h2*3-4H2,1-2H3,(H,7,8);;;/q;;+2;;/p-2. The summed E-state index contributed by atoms with van der Waals surface area (Å²) in [7, 11) is 0. The molecule has 0 fully saturated rings. The van der Waals surface area contributed by atoms with Crippen molar-refractivity contribution in [1.82, 2.24) is 9.80 Å². The van der Waals surface area contributed by atoms with Gasteiger partial charge in [0.25, 0.3) is 0 Å². The van der Waals surface area contributed by atoms with E-state index in [1.165, 1.54) is 0 Å². The van der Waals surface area contributed by atoms with E-state index in [9.17, 15) is 0 Å². The zero-order chi connectivity index (χ0) is 13.1. The SMILES string of the molecule is CCN(CC)C(=S)[S-].CCN(CC)C(=S)[S-].[SnH2+2]. The predicted octanol–water partition coefficient (Wildman–Crippen LogP) is 1.40. The van der Waals surface area contributed by atoms with Gasteiger partial charge in [-0.05, 0) is 27.7 Å². The zero-order valence-corrected chi connectivity index (χ0v) is 18.4. The first-order valence-corrected chi connectivity index (χ1v) is 6.99. The van der Waals surface area contributed by atoms with Gasteiger partial charge in [-0.25, -0.2) is 0 Å². The van der Waals surface area contributed by atoms with Crippen LogP contribution in [0.3, 0.4) is 0 Å². The van der Waals surface area contributed by atoms with E-state index in [-0.39, 0.29) is 23.9 Å². The molecule has 0 aromatic rings. The van der Waals surface area contributed by atoms with E-state index in [1.807, 2.05) is 37.5 Å². The van der Waals surface area contributed by atoms with E-state index in [0.29, 0.717) is 8.64 Å². The molecule has 100 valence electrons. The van der Waals surface area contributed by atoms with Gasteiger partial charge in [-0.2, -0.15) is 0 Å². The Morgan fingerprint density at radius 2 is 0.941 bits per heavy atom. The third kappa shape index (κ3) is 13.3. The van der Waals surface area contributed by atoms with Crippen LogP contribution in [0, 0.1) is 0 Å². The van der Waals surface area contributed by atoms with Gasteiger partial charge < -0.3 is 59.5 Å². The molecule has 0 amide bonds. The molecule has 0 aliphatic carbocycles. The third-order valence-corrected chi connectivity index (χ3v) is 3.08. The van der Waals surface area contributed by atoms with Crippen LogP contribution in [0.1, 0.15) is 27.7 Å². The summed E-state index contributed by atoms with van der Waals surface area (Å²) in [6.07, 6.45) is 0. The summed E-state index contributed by atoms with van der Waals surface area (Å²) in [6.45, 7) is 11.9. The zero-order valence-electron chi connectivity index (χ0n) is 11.1. The molecule has 2 nitrogen and oxygen atoms in total. The molecule has 0 bridgehead atoms. The molecule has 7 heteroatoms. The monoisotopic (exact) mass is 418 g/mol. The average Bonchev–Trinajstić information content (AvgIpc) is 2.21. The van der Waals surface area contributed by atoms with Crippen molar-refractivity contribution >= 4 is 82.2 Å². The molecular formula is C10H22N2S4Sn. The van der Waals surface area contributed by atoms with E-state index in [2.05, 4.69) is 0 Å². The van der Waals surface area contributed by atoms with Gasteiger partial charge in [-0.15, -0.1) is 0 Å². The van der Waals surface area contributed by atoms with Crippen molar-refractivity contribution in [2.45, 2.75) is 27.7 Å². The molecule has 0 aromatic carbocycles. The van der Waals surface area contributed by atoms with E-state index in [1.54, 1.807) is 0 Å². The molecule has 0 unspecified atom stereocenters. The van der Waals surface area contributed by atoms with Gasteiger partial charge in [0.1, 0.15) is 0 Å². The Morgan fingerprint density at radius 1 is 0.765 bits per heavy atom. The van der Waals surface area contributed by atoms with Crippen LogP contribution in [0.15, 0.2) is 0 Å². The molecule has 0 heterocycles. The van der Waals surface area contributed by atoms with E-state index in [0.717, 1.165) is 26.2 Å². The molecule has 0 atom stereocenters. The Morgan fingerprint density at radius 3 is 0.941 bits per heavy atom. The molecule has 0 aromatic heterocycles. The quantitative estimate of drug-likeness (QED) is 0.385. The summed E-state index contributed by atoms with van der Waals surface area (Å²) in [5.41, 5.74) is 0. The van der Waals surface area contributed by atoms with Gasteiger partial charge in [-0.3, -0.25) is 0 Å². The first-order chi connectivity index (χ1) is 7.44. The molecule has 0 saturated heterocycles. The van der Waals surface area contributed by atoms with Crippen LogP contribution in [-0.2, 0) is 25.3 Å². The summed E-state index contributed by atoms with van der Waals surface area (Å²) < 4.78 is 1.16. The average molecular weight is 417 g/mol. The van der Waals surface area contributed by atoms with Gasteiger partial charge in [0.15, 0.2) is 0 Å². The van der Waals surface area contributed by atoms with Gasteiger partial charge in [-0.1, -0.05) is 8.64 Å². The molecular weight excluding hydrogens is 395 g/mol. The maximum atomic E-state index is 4.76. The normalized spacial score (nSPS) is 8.24. The molecule has 0 spiro atoms. The van der Waals surface area contributed by atoms with Crippen molar-refractivity contribution in [3.8, 4) is 0 Å².